The van der Waals surface area contributed by atoms with Crippen LogP contribution >= 0.6 is 11.3 Å². The predicted molar refractivity (Wildman–Crippen MR) is 41.5 cm³/mol. The molecular formula is C6H9N2OS. The molecule has 0 unspecified atom stereocenters. The molecule has 1 aromatic heterocycles. The lowest BCUT2D eigenvalue weighted by Gasteiger charge is -1.90. The van der Waals surface area contributed by atoms with Crippen LogP contribution in [0.4, 0.5) is 5.13 Å². The Kier molecular flexibility index (Phi) is 2.24. The molecule has 0 bridgehead atoms. The van der Waals surface area contributed by atoms with E-state index in [-0.39, 0.29) is 6.61 Å². The molecule has 1 heterocycles. The highest BCUT2D eigenvalue weighted by Gasteiger charge is 2.04. The van der Waals surface area contributed by atoms with Gasteiger partial charge < -0.3 is 10.8 Å². The van der Waals surface area contributed by atoms with Crippen molar-refractivity contribution in [2.75, 3.05) is 5.73 Å². The van der Waals surface area contributed by atoms with Crippen molar-refractivity contribution in [2.45, 2.75) is 13.0 Å². The summed E-state index contributed by atoms with van der Waals surface area (Å²) in [7, 11) is 0. The smallest absolute Gasteiger partial charge is 0.180 e. The molecule has 1 aromatic rings. The van der Waals surface area contributed by atoms with E-state index >= 15 is 0 Å². The highest BCUT2D eigenvalue weighted by molar-refractivity contribution is 7.15. The molecule has 3 nitrogen and oxygen atoms in total. The number of hydrogen-bond acceptors (Lipinski definition) is 4. The minimum atomic E-state index is -0.0431. The molecule has 1 radical (unpaired) electrons. The lowest BCUT2D eigenvalue weighted by Crippen LogP contribution is -1.89. The highest BCUT2D eigenvalue weighted by atomic mass is 32.1. The zero-order valence-corrected chi connectivity index (χ0v) is 6.32. The van der Waals surface area contributed by atoms with Gasteiger partial charge in [-0.05, 0) is 13.3 Å². The van der Waals surface area contributed by atoms with Crippen LogP contribution in [-0.2, 0) is 13.0 Å². The number of hydrogen-bond donors (Lipinski definition) is 2. The molecule has 55 valence electrons. The summed E-state index contributed by atoms with van der Waals surface area (Å²) < 4.78 is 0. The number of aromatic nitrogens is 1. The molecule has 0 aromatic carbocycles. The van der Waals surface area contributed by atoms with Crippen LogP contribution in [-0.4, -0.2) is 10.1 Å². The van der Waals surface area contributed by atoms with Crippen LogP contribution in [0.3, 0.4) is 0 Å². The van der Waals surface area contributed by atoms with Crippen LogP contribution in [0, 0.1) is 6.92 Å². The Balaban J connectivity index is 2.96. The molecule has 0 atom stereocenters. The zero-order valence-electron chi connectivity index (χ0n) is 5.50. The van der Waals surface area contributed by atoms with Gasteiger partial charge in [-0.25, -0.2) is 4.98 Å². The van der Waals surface area contributed by atoms with Gasteiger partial charge in [0.15, 0.2) is 5.13 Å². The minimum absolute atomic E-state index is 0.0431. The van der Waals surface area contributed by atoms with E-state index in [1.807, 2.05) is 0 Å². The molecule has 0 saturated carbocycles. The van der Waals surface area contributed by atoms with Crippen molar-refractivity contribution in [3.63, 3.8) is 0 Å². The number of rotatable bonds is 2. The number of thiazole rings is 1. The summed E-state index contributed by atoms with van der Waals surface area (Å²) >= 11 is 1.38. The maximum atomic E-state index is 8.72. The lowest BCUT2D eigenvalue weighted by atomic mass is 10.3. The third kappa shape index (κ3) is 1.27. The average molecular weight is 157 g/mol. The summed E-state index contributed by atoms with van der Waals surface area (Å²) in [5.41, 5.74) is 6.06. The van der Waals surface area contributed by atoms with Gasteiger partial charge in [0.1, 0.15) is 0 Å². The fourth-order valence-electron chi connectivity index (χ4n) is 0.722. The molecule has 3 N–H and O–H groups in total. The molecule has 0 amide bonds. The first kappa shape index (κ1) is 7.50. The van der Waals surface area contributed by atoms with E-state index in [2.05, 4.69) is 11.9 Å². The molecular weight excluding hydrogens is 148 g/mol. The number of anilines is 1. The first-order valence-electron chi connectivity index (χ1n) is 2.92. The molecule has 0 aliphatic heterocycles. The van der Waals surface area contributed by atoms with E-state index in [4.69, 9.17) is 10.8 Å². The average Bonchev–Trinajstić information content (AvgIpc) is 2.30. The van der Waals surface area contributed by atoms with Crippen molar-refractivity contribution < 1.29 is 5.11 Å². The van der Waals surface area contributed by atoms with Gasteiger partial charge in [0.2, 0.25) is 0 Å². The van der Waals surface area contributed by atoms with Crippen molar-refractivity contribution in [1.82, 2.24) is 4.98 Å². The maximum absolute atomic E-state index is 8.72. The van der Waals surface area contributed by atoms with Crippen molar-refractivity contribution in [3.05, 3.63) is 17.5 Å². The molecule has 0 fully saturated rings. The number of nitrogens with two attached hydrogens (primary N) is 1. The van der Waals surface area contributed by atoms with E-state index in [0.717, 1.165) is 4.88 Å². The van der Waals surface area contributed by atoms with Crippen LogP contribution in [0.5, 0.6) is 0 Å². The molecule has 10 heavy (non-hydrogen) atoms. The largest absolute Gasteiger partial charge is 0.390 e. The van der Waals surface area contributed by atoms with Crippen molar-refractivity contribution in [2.24, 2.45) is 0 Å². The second-order valence-electron chi connectivity index (χ2n) is 1.83. The second kappa shape index (κ2) is 2.98. The summed E-state index contributed by atoms with van der Waals surface area (Å²) in [6, 6.07) is 0. The number of aliphatic hydroxyl groups excluding tert-OH is 1. The fraction of sp³-hybridized carbons (Fsp3) is 0.333. The topological polar surface area (TPSA) is 59.1 Å². The first-order valence-corrected chi connectivity index (χ1v) is 3.73. The van der Waals surface area contributed by atoms with E-state index < -0.39 is 0 Å². The summed E-state index contributed by atoms with van der Waals surface area (Å²) in [5, 5.41) is 9.23. The Labute approximate surface area is 63.5 Å². The summed E-state index contributed by atoms with van der Waals surface area (Å²) in [5.74, 6) is 0. The monoisotopic (exact) mass is 157 g/mol. The van der Waals surface area contributed by atoms with E-state index in [1.165, 1.54) is 11.3 Å². The zero-order chi connectivity index (χ0) is 7.56. The second-order valence-corrected chi connectivity index (χ2v) is 2.95. The van der Waals surface area contributed by atoms with Crippen LogP contribution < -0.4 is 5.73 Å². The molecule has 4 heteroatoms. The Hall–Kier alpha value is -0.610. The van der Waals surface area contributed by atoms with Gasteiger partial charge in [0, 0.05) is 4.88 Å². The molecule has 0 aliphatic rings. The van der Waals surface area contributed by atoms with Gasteiger partial charge in [-0.15, -0.1) is 11.3 Å². The standard InChI is InChI=1S/C6H9N2OS/c1-2-5-4(3-9)8-6(7)10-5/h9H,1-3H2,(H2,7,8). The lowest BCUT2D eigenvalue weighted by molar-refractivity contribution is 0.277. The van der Waals surface area contributed by atoms with E-state index in [0.29, 0.717) is 17.2 Å². The van der Waals surface area contributed by atoms with Gasteiger partial charge in [-0.1, -0.05) is 0 Å². The Bertz CT molecular complexity index is 200. The van der Waals surface area contributed by atoms with Crippen molar-refractivity contribution in [3.8, 4) is 0 Å². The SMILES string of the molecule is [CH2]Cc1sc(N)nc1CO. The van der Waals surface area contributed by atoms with Gasteiger partial charge in [-0.3, -0.25) is 0 Å². The van der Waals surface area contributed by atoms with Crippen LogP contribution in [0.25, 0.3) is 0 Å². The van der Waals surface area contributed by atoms with Crippen LogP contribution in [0.2, 0.25) is 0 Å². The quantitative estimate of drug-likeness (QED) is 0.660. The summed E-state index contributed by atoms with van der Waals surface area (Å²) in [6.45, 7) is 3.64. The van der Waals surface area contributed by atoms with Crippen molar-refractivity contribution >= 4 is 16.5 Å². The minimum Gasteiger partial charge on any atom is -0.390 e. The van der Waals surface area contributed by atoms with Gasteiger partial charge in [0.25, 0.3) is 0 Å². The van der Waals surface area contributed by atoms with Gasteiger partial charge >= 0.3 is 0 Å². The molecule has 0 spiro atoms. The third-order valence-corrected chi connectivity index (χ3v) is 2.16. The first-order chi connectivity index (χ1) is 4.77. The third-order valence-electron chi connectivity index (χ3n) is 1.17. The molecule has 1 rings (SSSR count). The molecule has 0 aliphatic carbocycles. The van der Waals surface area contributed by atoms with Crippen LogP contribution in [0.15, 0.2) is 0 Å². The Morgan fingerprint density at radius 3 is 2.80 bits per heavy atom. The summed E-state index contributed by atoms with van der Waals surface area (Å²) in [4.78, 5) is 4.88. The van der Waals surface area contributed by atoms with E-state index in [1.54, 1.807) is 0 Å². The van der Waals surface area contributed by atoms with Gasteiger partial charge in [0.05, 0.1) is 12.3 Å². The number of aliphatic hydroxyl groups is 1. The highest BCUT2D eigenvalue weighted by Crippen LogP contribution is 2.20. The number of nitrogens with zero attached hydrogens (tertiary/aromatic N) is 1. The van der Waals surface area contributed by atoms with Crippen LogP contribution in [0.1, 0.15) is 10.6 Å². The summed E-state index contributed by atoms with van der Waals surface area (Å²) in [6.07, 6.45) is 0.644. The Morgan fingerprint density at radius 2 is 2.40 bits per heavy atom. The maximum Gasteiger partial charge on any atom is 0.180 e. The van der Waals surface area contributed by atoms with E-state index in [9.17, 15) is 0 Å². The Morgan fingerprint density at radius 1 is 1.70 bits per heavy atom. The van der Waals surface area contributed by atoms with Crippen molar-refractivity contribution in [1.29, 1.82) is 0 Å². The number of nitrogen functional groups attached to an aromatic ring is 1. The normalized spacial score (nSPS) is 10.2. The van der Waals surface area contributed by atoms with Gasteiger partial charge in [-0.2, -0.15) is 0 Å². The fourth-order valence-corrected chi connectivity index (χ4v) is 1.46. The predicted octanol–water partition coefficient (Wildman–Crippen LogP) is 0.594. The molecule has 0 saturated heterocycles.